The maximum Gasteiger partial charge on any atom is 0.404 e. The molecule has 8 heteroatoms. The fourth-order valence-electron chi connectivity index (χ4n) is 19.5. The molecule has 0 N–H and O–H groups in total. The molecule has 16 aromatic carbocycles. The molecule has 0 aliphatic carbocycles. The third kappa shape index (κ3) is 16.1. The first-order valence-electron chi connectivity index (χ1n) is 47.7. The van der Waals surface area contributed by atoms with Gasteiger partial charge in [-0.1, -0.05) is 422 Å². The van der Waals surface area contributed by atoms with Crippen LogP contribution in [0.3, 0.4) is 0 Å². The van der Waals surface area contributed by atoms with Crippen molar-refractivity contribution >= 4 is 99.6 Å². The molecule has 0 amide bonds. The molecule has 24 rings (SSSR count). The first-order chi connectivity index (χ1) is 63.9. The maximum atomic E-state index is 6.22. The van der Waals surface area contributed by atoms with E-state index in [-0.39, 0.29) is 0 Å². The van der Waals surface area contributed by atoms with Gasteiger partial charge in [0.1, 0.15) is 0 Å². The standard InChI is InChI=1S/C105H72N8.8C2H6/c1-9-25-65(26-10-1)41-73-49-81-57-89-90(58-82(81)50-74(73)42-66-27-11-2-12-28-66)98-107-100-93-61-85-53-77(45-69-33-17-5-18-34-69)78(46-70-35-19-6-20-36-70)54-86(85)62-94(93)102-109-104-96-64-88-56-80(48-72-39-23-8-24-40-72)79(47-71-37-21-7-22-38-71)55-87(88)63-95(96)103-108-101-92-60-84-52-76(44-68-31-15-4-16-32-68)75(43-67-29-13-3-14-30-67)51-83(84)59-91(92)99-106-97(89)110(98)105(111(99)101,112(100)102)113(103)104;8*1-2/h1-40,49-64H,41-48H2;8*1-2H3/q+2;;;;;;;;. The van der Waals surface area contributed by atoms with Crippen molar-refractivity contribution in [1.29, 1.82) is 0 Å². The van der Waals surface area contributed by atoms with Crippen LogP contribution in [0.4, 0.5) is 11.6 Å². The van der Waals surface area contributed by atoms with Gasteiger partial charge in [0.2, 0.25) is 22.6 Å². The summed E-state index contributed by atoms with van der Waals surface area (Å²) in [6, 6.07) is 127. The van der Waals surface area contributed by atoms with Gasteiger partial charge in [-0.3, -0.25) is 0 Å². The molecule has 8 heterocycles. The molecule has 6 aliphatic rings. The van der Waals surface area contributed by atoms with E-state index < -0.39 is 5.91 Å². The zero-order chi connectivity index (χ0) is 90.0. The van der Waals surface area contributed by atoms with Gasteiger partial charge in [-0.2, -0.15) is 9.13 Å². The number of hydrogen-bond acceptors (Lipinski definition) is 4. The number of fused-ring (bicyclic) bond motifs is 16. The average molecular weight is 1690 g/mol. The van der Waals surface area contributed by atoms with Crippen LogP contribution in [0.2, 0.25) is 0 Å². The number of benzene rings is 16. The summed E-state index contributed by atoms with van der Waals surface area (Å²) in [6.07, 6.45) is 6.41. The zero-order valence-electron chi connectivity index (χ0n) is 78.1. The van der Waals surface area contributed by atoms with Gasteiger partial charge >= 0.3 is 5.91 Å². The molecule has 0 bridgehead atoms. The van der Waals surface area contributed by atoms with Crippen LogP contribution in [-0.4, -0.2) is 41.6 Å². The lowest BCUT2D eigenvalue weighted by atomic mass is 9.90. The fraction of sp³-hybridized carbons (Fsp3) is 0.207. The van der Waals surface area contributed by atoms with E-state index >= 15 is 0 Å². The van der Waals surface area contributed by atoms with E-state index in [9.17, 15) is 0 Å². The van der Waals surface area contributed by atoms with Crippen molar-refractivity contribution in [3.05, 3.63) is 462 Å². The Labute approximate surface area is 762 Å². The molecule has 0 fully saturated rings. The lowest BCUT2D eigenvalue weighted by molar-refractivity contribution is -0.790. The van der Waals surface area contributed by atoms with Crippen molar-refractivity contribution in [2.24, 2.45) is 20.0 Å². The van der Waals surface area contributed by atoms with Crippen molar-refractivity contribution in [2.75, 3.05) is 0 Å². The number of hydrogen-bond donors (Lipinski definition) is 0. The highest BCUT2D eigenvalue weighted by atomic mass is 15.7. The molecule has 0 unspecified atom stereocenters. The van der Waals surface area contributed by atoms with Gasteiger partial charge in [-0.25, -0.2) is 0 Å². The first kappa shape index (κ1) is 88.4. The molecule has 0 atom stereocenters. The van der Waals surface area contributed by atoms with Gasteiger partial charge in [0, 0.05) is 21.5 Å². The number of amidine groups is 4. The highest BCUT2D eigenvalue weighted by Crippen LogP contribution is 2.55. The maximum absolute atomic E-state index is 6.22. The SMILES string of the molecule is CC.CC.CC.CC.CC.CC.CC.CC.c1ccc(Cc2cc3cc4c(cc3cc2Cc2ccccc2)C2=[N+]3C4=Nc4c5cc6cc(Cc7ccccc7)c(Cc7ccccc7)cc6cc5c5n4C34n3c(c6cc7cc(Cc8ccccc8)c(Cc8ccccc8)cc7cc6c3=NC3=[N+]4C(=N5)c4cc5cc(Cc6ccccc6)c(Cc6ccccc6)cc5cc43)=N2)cc1. The first-order valence-corrected chi connectivity index (χ1v) is 47.7. The number of rotatable bonds is 16. The molecule has 0 radical (unpaired) electrons. The third-order valence-corrected chi connectivity index (χ3v) is 24.7. The van der Waals surface area contributed by atoms with Gasteiger partial charge in [-0.05, 0) is 232 Å². The van der Waals surface area contributed by atoms with Gasteiger partial charge < -0.3 is 0 Å². The van der Waals surface area contributed by atoms with Crippen molar-refractivity contribution in [2.45, 2.75) is 168 Å². The van der Waals surface area contributed by atoms with Crippen LogP contribution in [-0.2, 0) is 57.3 Å². The summed E-state index contributed by atoms with van der Waals surface area (Å²) in [4.78, 5) is 24.9. The Hall–Kier alpha value is -14.1. The fourth-order valence-corrected chi connectivity index (χ4v) is 19.5. The van der Waals surface area contributed by atoms with Crippen molar-refractivity contribution in [3.8, 4) is 0 Å². The normalized spacial score (nSPS) is 12.8. The van der Waals surface area contributed by atoms with Gasteiger partial charge in [0.25, 0.3) is 23.3 Å². The van der Waals surface area contributed by atoms with Crippen molar-refractivity contribution < 1.29 is 9.15 Å². The van der Waals surface area contributed by atoms with Crippen molar-refractivity contribution in [3.63, 3.8) is 0 Å². The van der Waals surface area contributed by atoms with E-state index in [1.165, 1.54) is 89.0 Å². The van der Waals surface area contributed by atoms with Crippen LogP contribution in [0.15, 0.2) is 360 Å². The Kier molecular flexibility index (Phi) is 27.0. The minimum absolute atomic E-state index is 0.801. The van der Waals surface area contributed by atoms with Crippen LogP contribution < -0.4 is 11.0 Å². The number of nitrogens with zero attached hydrogens (tertiary/aromatic N) is 8. The van der Waals surface area contributed by atoms with E-state index in [2.05, 4.69) is 358 Å². The second-order valence-electron chi connectivity index (χ2n) is 31.7. The molecule has 18 aromatic rings. The molecule has 129 heavy (non-hydrogen) atoms. The Bertz CT molecular complexity index is 6970. The summed E-state index contributed by atoms with van der Waals surface area (Å²) >= 11 is 0. The van der Waals surface area contributed by atoms with Crippen LogP contribution in [0.1, 0.15) is 222 Å². The van der Waals surface area contributed by atoms with Crippen LogP contribution in [0.25, 0.3) is 64.6 Å². The Morgan fingerprint density at radius 1 is 0.202 bits per heavy atom. The molecule has 2 aromatic heterocycles. The van der Waals surface area contributed by atoms with E-state index in [1.807, 2.05) is 111 Å². The predicted octanol–water partition coefficient (Wildman–Crippen LogP) is 29.3. The lowest BCUT2D eigenvalue weighted by Crippen LogP contribution is -2.71. The molecule has 0 saturated carbocycles. The van der Waals surface area contributed by atoms with Crippen LogP contribution in [0, 0.1) is 0 Å². The summed E-state index contributed by atoms with van der Waals surface area (Å²) in [5.41, 5.74) is 26.5. The summed E-state index contributed by atoms with van der Waals surface area (Å²) in [5, 5.41) is 13.4. The van der Waals surface area contributed by atoms with E-state index in [0.29, 0.717) is 0 Å². The zero-order valence-corrected chi connectivity index (χ0v) is 78.1. The Morgan fingerprint density at radius 2 is 0.388 bits per heavy atom. The van der Waals surface area contributed by atoms with Gasteiger partial charge in [-0.15, -0.1) is 9.15 Å². The summed E-state index contributed by atoms with van der Waals surface area (Å²) in [6.45, 7) is 32.0. The molecule has 1 spiro atoms. The predicted molar refractivity (Wildman–Crippen MR) is 548 cm³/mol. The Morgan fingerprint density at radius 3 is 0.597 bits per heavy atom. The van der Waals surface area contributed by atoms with Gasteiger partial charge in [0.05, 0.1) is 22.3 Å². The van der Waals surface area contributed by atoms with E-state index in [1.54, 1.807) is 0 Å². The number of aliphatic imine (C=N–C) groups is 2. The minimum atomic E-state index is -1.30. The number of aromatic nitrogens is 2. The highest BCUT2D eigenvalue weighted by molar-refractivity contribution is 6.23. The molecule has 0 saturated heterocycles. The monoisotopic (exact) mass is 1680 g/mol. The summed E-state index contributed by atoms with van der Waals surface area (Å²) in [7, 11) is 0. The lowest BCUT2D eigenvalue weighted by Gasteiger charge is -2.40. The molecule has 642 valence electrons. The molecular formula is C121H120N8+2. The topological polar surface area (TPSA) is 65.3 Å². The minimum Gasteiger partial charge on any atom is -0.192 e. The smallest absolute Gasteiger partial charge is 0.192 e. The highest BCUT2D eigenvalue weighted by Gasteiger charge is 2.70. The second-order valence-corrected chi connectivity index (χ2v) is 31.7. The van der Waals surface area contributed by atoms with E-state index in [0.717, 1.165) is 184 Å². The molecule has 8 nitrogen and oxygen atoms in total. The van der Waals surface area contributed by atoms with Crippen LogP contribution >= 0.6 is 0 Å². The summed E-state index contributed by atoms with van der Waals surface area (Å²) in [5.74, 6) is 3.76. The van der Waals surface area contributed by atoms with Gasteiger partial charge in [0.15, 0.2) is 0 Å². The van der Waals surface area contributed by atoms with E-state index in [4.69, 9.17) is 20.0 Å². The largest absolute Gasteiger partial charge is 0.404 e. The molecule has 6 aliphatic heterocycles. The molecular weight excluding hydrogens is 1570 g/mol. The second kappa shape index (κ2) is 39.4. The Balaban J connectivity index is 0.000000725. The average Bonchev–Trinajstić information content (AvgIpc) is 1.46. The summed E-state index contributed by atoms with van der Waals surface area (Å²) < 4.78 is 10.0. The quantitative estimate of drug-likeness (QED) is 0.0866. The van der Waals surface area contributed by atoms with Crippen molar-refractivity contribution in [1.82, 2.24) is 9.13 Å². The van der Waals surface area contributed by atoms with Crippen LogP contribution in [0.5, 0.6) is 0 Å². The third-order valence-electron chi connectivity index (χ3n) is 24.7.